The van der Waals surface area contributed by atoms with Crippen molar-refractivity contribution in [3.05, 3.63) is 64.7 Å². The summed E-state index contributed by atoms with van der Waals surface area (Å²) in [4.78, 5) is 19.8. The topological polar surface area (TPSA) is 117 Å². The summed E-state index contributed by atoms with van der Waals surface area (Å²) in [5.41, 5.74) is 0.0446. The Morgan fingerprint density at radius 1 is 1.17 bits per heavy atom. The van der Waals surface area contributed by atoms with Gasteiger partial charge in [0, 0.05) is 29.8 Å². The number of halogens is 4. The Kier molecular flexibility index (Phi) is 9.94. The molecule has 1 aromatic heterocycles. The number of sulfonamides is 1. The number of hydrogen-bond acceptors (Lipinski definition) is 7. The number of rotatable bonds is 11. The number of imidazole rings is 1. The van der Waals surface area contributed by atoms with Gasteiger partial charge in [-0.05, 0) is 61.9 Å². The summed E-state index contributed by atoms with van der Waals surface area (Å²) in [6.45, 7) is 4.02. The van der Waals surface area contributed by atoms with Crippen molar-refractivity contribution in [3.63, 3.8) is 0 Å². The van der Waals surface area contributed by atoms with Gasteiger partial charge >= 0.3 is 6.18 Å². The van der Waals surface area contributed by atoms with Crippen molar-refractivity contribution in [2.45, 2.75) is 23.9 Å². The van der Waals surface area contributed by atoms with Crippen molar-refractivity contribution in [1.29, 1.82) is 0 Å². The van der Waals surface area contributed by atoms with Gasteiger partial charge in [0.25, 0.3) is 15.9 Å². The highest BCUT2D eigenvalue weighted by Crippen LogP contribution is 2.33. The van der Waals surface area contributed by atoms with Gasteiger partial charge in [0.1, 0.15) is 16.3 Å². The lowest BCUT2D eigenvalue weighted by atomic mass is 10.2. The number of H-pyrrole nitrogens is 1. The normalized spacial score (nSPS) is 14.6. The van der Waals surface area contributed by atoms with E-state index in [4.69, 9.17) is 9.47 Å². The molecule has 0 radical (unpaired) electrons. The molecule has 0 aliphatic carbocycles. The van der Waals surface area contributed by atoms with Gasteiger partial charge < -0.3 is 19.8 Å². The highest BCUT2D eigenvalue weighted by molar-refractivity contribution is 9.10. The first-order valence-corrected chi connectivity index (χ1v) is 14.9. The molecule has 0 bridgehead atoms. The molecule has 1 saturated heterocycles. The molecule has 2 N–H and O–H groups in total. The minimum atomic E-state index is -4.75. The van der Waals surface area contributed by atoms with Crippen LogP contribution in [-0.2, 0) is 20.9 Å². The second kappa shape index (κ2) is 13.2. The van der Waals surface area contributed by atoms with Gasteiger partial charge in [-0.15, -0.1) is 0 Å². The van der Waals surface area contributed by atoms with Crippen LogP contribution < -0.4 is 14.4 Å². The van der Waals surface area contributed by atoms with Crippen molar-refractivity contribution >= 4 is 43.2 Å². The first kappa shape index (κ1) is 30.8. The fraction of sp³-hybridized carbons (Fsp3) is 0.385. The molecular weight excluding hydrogens is 631 g/mol. The minimum absolute atomic E-state index is 0.0410. The Bertz CT molecular complexity index is 1440. The van der Waals surface area contributed by atoms with Crippen molar-refractivity contribution in [2.24, 2.45) is 0 Å². The molecule has 1 amide bonds. The summed E-state index contributed by atoms with van der Waals surface area (Å²) in [6, 6.07) is 10.8. The van der Waals surface area contributed by atoms with Crippen molar-refractivity contribution < 1.29 is 35.9 Å². The van der Waals surface area contributed by atoms with E-state index in [1.54, 1.807) is 24.3 Å². The maximum absolute atomic E-state index is 14.1. The third-order valence-corrected chi connectivity index (χ3v) is 8.76. The largest absolute Gasteiger partial charge is 0.495 e. The number of carbonyl (C=O) groups is 1. The monoisotopic (exact) mass is 659 g/mol. The predicted octanol–water partition coefficient (Wildman–Crippen LogP) is 4.76. The molecule has 3 aromatic rings. The average Bonchev–Trinajstić information content (AvgIpc) is 3.46. The van der Waals surface area contributed by atoms with Gasteiger partial charge in [0.2, 0.25) is 5.82 Å². The number of ether oxygens (including phenoxy) is 2. The molecule has 10 nitrogen and oxygen atoms in total. The second-order valence-electron chi connectivity index (χ2n) is 9.18. The van der Waals surface area contributed by atoms with Crippen molar-refractivity contribution in [1.82, 2.24) is 14.9 Å². The van der Waals surface area contributed by atoms with Crippen LogP contribution in [-0.4, -0.2) is 75.7 Å². The van der Waals surface area contributed by atoms with Crippen LogP contribution in [0, 0.1) is 0 Å². The number of nitrogens with one attached hydrogen (secondary N) is 2. The third kappa shape index (κ3) is 7.78. The van der Waals surface area contributed by atoms with Crippen LogP contribution >= 0.6 is 15.9 Å². The summed E-state index contributed by atoms with van der Waals surface area (Å²) in [6.07, 6.45) is -2.66. The molecule has 41 heavy (non-hydrogen) atoms. The fourth-order valence-electron chi connectivity index (χ4n) is 4.26. The van der Waals surface area contributed by atoms with Crippen LogP contribution in [0.5, 0.6) is 5.75 Å². The van der Waals surface area contributed by atoms with Gasteiger partial charge in [-0.2, -0.15) is 13.2 Å². The molecule has 0 unspecified atom stereocenters. The maximum atomic E-state index is 14.1. The molecule has 1 aliphatic rings. The van der Waals surface area contributed by atoms with Gasteiger partial charge in [-0.1, -0.05) is 15.9 Å². The van der Waals surface area contributed by atoms with Crippen LogP contribution in [0.25, 0.3) is 0 Å². The Hall–Kier alpha value is -3.14. The zero-order chi connectivity index (χ0) is 29.6. The minimum Gasteiger partial charge on any atom is -0.495 e. The van der Waals surface area contributed by atoms with E-state index < -0.39 is 33.6 Å². The lowest BCUT2D eigenvalue weighted by molar-refractivity contribution is -0.144. The van der Waals surface area contributed by atoms with Crippen LogP contribution in [0.4, 0.5) is 24.5 Å². The summed E-state index contributed by atoms with van der Waals surface area (Å²) >= 11 is 3.37. The van der Waals surface area contributed by atoms with Gasteiger partial charge in [-0.3, -0.25) is 14.0 Å². The van der Waals surface area contributed by atoms with E-state index >= 15 is 0 Å². The summed E-state index contributed by atoms with van der Waals surface area (Å²) in [5.74, 6) is -2.20. The predicted molar refractivity (Wildman–Crippen MR) is 150 cm³/mol. The Balaban J connectivity index is 1.58. The average molecular weight is 661 g/mol. The molecule has 0 spiro atoms. The number of carbonyl (C=O) groups excluding carboxylic acids is 1. The molecular formula is C26H29BrF3N5O5S. The lowest BCUT2D eigenvalue weighted by Gasteiger charge is -2.28. The highest BCUT2D eigenvalue weighted by Gasteiger charge is 2.35. The van der Waals surface area contributed by atoms with Crippen molar-refractivity contribution in [2.75, 3.05) is 56.1 Å². The number of benzene rings is 2. The lowest BCUT2D eigenvalue weighted by Crippen LogP contribution is -2.37. The van der Waals surface area contributed by atoms with E-state index in [9.17, 15) is 26.4 Å². The van der Waals surface area contributed by atoms with E-state index in [1.165, 1.54) is 29.6 Å². The standard InChI is InChI=1S/C26H29BrF3N5O5S/c1-39-22-9-6-19(32-24(36)21-17-31-25(33-21)26(28,29)30)16-23(22)41(37,38)35(20-7-4-18(27)5-8-20)11-3-2-10-34-12-14-40-15-13-34/h4-9,16-17H,2-3,10-15H2,1H3,(H,31,33)(H,32,36). The van der Waals surface area contributed by atoms with Gasteiger partial charge in [0.05, 0.1) is 32.2 Å². The number of unbranched alkanes of at least 4 members (excludes halogenated alkanes) is 1. The van der Waals surface area contributed by atoms with E-state index in [1.807, 2.05) is 4.98 Å². The molecule has 222 valence electrons. The van der Waals surface area contributed by atoms with E-state index in [2.05, 4.69) is 31.1 Å². The van der Waals surface area contributed by atoms with Crippen LogP contribution in [0.3, 0.4) is 0 Å². The number of aromatic amines is 1. The number of hydrogen-bond donors (Lipinski definition) is 2. The van der Waals surface area contributed by atoms with Crippen LogP contribution in [0.15, 0.2) is 58.0 Å². The molecule has 15 heteroatoms. The molecule has 0 saturated carbocycles. The van der Waals surface area contributed by atoms with E-state index in [-0.39, 0.29) is 22.9 Å². The smallest absolute Gasteiger partial charge is 0.449 e. The maximum Gasteiger partial charge on any atom is 0.449 e. The SMILES string of the molecule is COc1ccc(NC(=O)c2cnc(C(F)(F)F)[nH]2)cc1S(=O)(=O)N(CCCCN1CCOCC1)c1ccc(Br)cc1. The molecule has 0 atom stereocenters. The number of aromatic nitrogens is 2. The van der Waals surface area contributed by atoms with Crippen molar-refractivity contribution in [3.8, 4) is 5.75 Å². The molecule has 1 aliphatic heterocycles. The Morgan fingerprint density at radius 2 is 1.88 bits per heavy atom. The van der Waals surface area contributed by atoms with Gasteiger partial charge in [-0.25, -0.2) is 13.4 Å². The number of nitrogens with zero attached hydrogens (tertiary/aromatic N) is 3. The third-order valence-electron chi connectivity index (χ3n) is 6.38. The second-order valence-corrected chi connectivity index (χ2v) is 11.9. The summed E-state index contributed by atoms with van der Waals surface area (Å²) in [7, 11) is -2.89. The number of amides is 1. The first-order chi connectivity index (χ1) is 19.5. The number of methoxy groups -OCH3 is 1. The summed E-state index contributed by atoms with van der Waals surface area (Å²) in [5, 5.41) is 2.42. The summed E-state index contributed by atoms with van der Waals surface area (Å²) < 4.78 is 79.6. The quantitative estimate of drug-likeness (QED) is 0.285. The Labute approximate surface area is 244 Å². The fourth-order valence-corrected chi connectivity index (χ4v) is 6.22. The van der Waals surface area contributed by atoms with Gasteiger partial charge in [0.15, 0.2) is 0 Å². The number of morpholine rings is 1. The van der Waals surface area contributed by atoms with Crippen LogP contribution in [0.2, 0.25) is 0 Å². The van der Waals surface area contributed by atoms with Crippen LogP contribution in [0.1, 0.15) is 29.2 Å². The van der Waals surface area contributed by atoms with E-state index in [0.29, 0.717) is 25.3 Å². The number of alkyl halides is 3. The molecule has 2 aromatic carbocycles. The highest BCUT2D eigenvalue weighted by atomic mass is 79.9. The zero-order valence-corrected chi connectivity index (χ0v) is 24.5. The molecule has 1 fully saturated rings. The zero-order valence-electron chi connectivity index (χ0n) is 22.1. The molecule has 2 heterocycles. The number of anilines is 2. The van der Waals surface area contributed by atoms with E-state index in [0.717, 1.165) is 36.7 Å². The first-order valence-electron chi connectivity index (χ1n) is 12.7. The Morgan fingerprint density at radius 3 is 2.51 bits per heavy atom. The molecule has 4 rings (SSSR count).